The van der Waals surface area contributed by atoms with E-state index in [1.54, 1.807) is 12.3 Å². The quantitative estimate of drug-likeness (QED) is 0.174. The van der Waals surface area contributed by atoms with Crippen molar-refractivity contribution >= 4 is 22.2 Å². The van der Waals surface area contributed by atoms with Gasteiger partial charge in [-0.1, -0.05) is 88.4 Å². The van der Waals surface area contributed by atoms with Gasteiger partial charge in [0, 0.05) is 41.2 Å². The van der Waals surface area contributed by atoms with Gasteiger partial charge >= 0.3 is 0 Å². The summed E-state index contributed by atoms with van der Waals surface area (Å²) in [6.07, 6.45) is 15.4. The van der Waals surface area contributed by atoms with Gasteiger partial charge < -0.3 is 0 Å². The molecule has 0 aliphatic heterocycles. The highest BCUT2D eigenvalue weighted by Crippen LogP contribution is 2.41. The predicted octanol–water partition coefficient (Wildman–Crippen LogP) is 9.55. The van der Waals surface area contributed by atoms with Gasteiger partial charge in [0.05, 0.1) is 39.9 Å². The van der Waals surface area contributed by atoms with E-state index >= 15 is 0 Å². The first-order chi connectivity index (χ1) is 25.6. The first-order valence-electron chi connectivity index (χ1n) is 18.8. The van der Waals surface area contributed by atoms with Crippen LogP contribution in [0.1, 0.15) is 75.9 Å². The topological polar surface area (TPSA) is 120 Å². The standard InChI is InChI=1S/C45H49N5O2S/c1-30-13-22-45(42(33(30)4)21-20-41-19-16-39(29-49-41)44-12-8-6-10-37(44)26-47)53(51,52)50-27-34-23-31(2)32(3)35(24-34)14-17-40-18-15-38(28-48-40)43-11-7-5-9-36(43)25-46/h5-12,14-21,28-35,42,45,50H,13,22-24,27H2,1-4H3/t30-,31-,32+,33+,34?,35+,42-,45-/m0/s1. The molecule has 2 heterocycles. The first-order valence-corrected chi connectivity index (χ1v) is 20.4. The third kappa shape index (κ3) is 8.84. The normalized spacial score (nSPS) is 26.3. The van der Waals surface area contributed by atoms with Gasteiger partial charge in [0.15, 0.2) is 0 Å². The van der Waals surface area contributed by atoms with Crippen molar-refractivity contribution in [1.29, 1.82) is 10.5 Å². The van der Waals surface area contributed by atoms with Crippen LogP contribution in [-0.4, -0.2) is 30.2 Å². The number of sulfonamides is 1. The summed E-state index contributed by atoms with van der Waals surface area (Å²) in [7, 11) is -3.58. The average molecular weight is 724 g/mol. The first kappa shape index (κ1) is 37.9. The van der Waals surface area contributed by atoms with Crippen molar-refractivity contribution in [3.05, 3.63) is 120 Å². The Bertz CT molecular complexity index is 2130. The number of rotatable bonds is 10. The second-order valence-corrected chi connectivity index (χ2v) is 17.2. The number of nitriles is 2. The summed E-state index contributed by atoms with van der Waals surface area (Å²) in [5, 5.41) is 18.5. The summed E-state index contributed by atoms with van der Waals surface area (Å²) < 4.78 is 31.2. The molecule has 0 radical (unpaired) electrons. The van der Waals surface area contributed by atoms with E-state index in [0.717, 1.165) is 52.9 Å². The van der Waals surface area contributed by atoms with Gasteiger partial charge in [-0.15, -0.1) is 0 Å². The molecule has 0 bridgehead atoms. The summed E-state index contributed by atoms with van der Waals surface area (Å²) in [5.74, 6) is 1.98. The molecule has 2 saturated carbocycles. The zero-order valence-corrected chi connectivity index (χ0v) is 31.9. The van der Waals surface area contributed by atoms with Gasteiger partial charge in [0.25, 0.3) is 0 Å². The van der Waals surface area contributed by atoms with Crippen LogP contribution in [0.3, 0.4) is 0 Å². The smallest absolute Gasteiger partial charge is 0.215 e. The number of nitrogens with zero attached hydrogens (tertiary/aromatic N) is 4. The molecule has 0 amide bonds. The van der Waals surface area contributed by atoms with Crippen LogP contribution in [0.25, 0.3) is 34.4 Å². The minimum absolute atomic E-state index is 0.134. The molecule has 0 spiro atoms. The van der Waals surface area contributed by atoms with Gasteiger partial charge in [-0.05, 0) is 104 Å². The van der Waals surface area contributed by atoms with E-state index in [0.29, 0.717) is 47.8 Å². The van der Waals surface area contributed by atoms with Gasteiger partial charge in [-0.2, -0.15) is 10.5 Å². The lowest BCUT2D eigenvalue weighted by Crippen LogP contribution is -2.46. The fourth-order valence-electron chi connectivity index (χ4n) is 8.30. The summed E-state index contributed by atoms with van der Waals surface area (Å²) in [6, 6.07) is 27.4. The Labute approximate surface area is 315 Å². The lowest BCUT2D eigenvalue weighted by atomic mass is 9.69. The number of nitrogens with one attached hydrogen (secondary N) is 1. The van der Waals surface area contributed by atoms with E-state index in [1.807, 2.05) is 79.0 Å². The molecule has 8 heteroatoms. The molecule has 53 heavy (non-hydrogen) atoms. The van der Waals surface area contributed by atoms with Crippen molar-refractivity contribution in [2.24, 2.45) is 41.4 Å². The molecular weight excluding hydrogens is 675 g/mol. The largest absolute Gasteiger partial charge is 0.256 e. The number of aromatic nitrogens is 2. The molecule has 0 saturated heterocycles. The third-order valence-electron chi connectivity index (χ3n) is 12.0. The Morgan fingerprint density at radius 2 is 1.28 bits per heavy atom. The fraction of sp³-hybridized carbons (Fsp3) is 0.378. The van der Waals surface area contributed by atoms with Crippen LogP contribution in [0.4, 0.5) is 0 Å². The van der Waals surface area contributed by atoms with Crippen LogP contribution in [0, 0.1) is 64.1 Å². The third-order valence-corrected chi connectivity index (χ3v) is 13.9. The maximum absolute atomic E-state index is 14.0. The fourth-order valence-corrected chi connectivity index (χ4v) is 10.2. The Balaban J connectivity index is 1.10. The number of pyridine rings is 2. The second kappa shape index (κ2) is 16.8. The molecular formula is C45H49N5O2S. The van der Waals surface area contributed by atoms with Crippen molar-refractivity contribution in [3.8, 4) is 34.4 Å². The molecule has 7 nitrogen and oxygen atoms in total. The molecule has 8 atom stereocenters. The maximum atomic E-state index is 14.0. The monoisotopic (exact) mass is 723 g/mol. The maximum Gasteiger partial charge on any atom is 0.215 e. The molecule has 2 aromatic heterocycles. The Kier molecular flexibility index (Phi) is 12.0. The number of hydrogen-bond donors (Lipinski definition) is 1. The van der Waals surface area contributed by atoms with Crippen molar-refractivity contribution in [2.45, 2.75) is 58.6 Å². The van der Waals surface area contributed by atoms with Gasteiger partial charge in [0.1, 0.15) is 0 Å². The van der Waals surface area contributed by atoms with E-state index in [1.165, 1.54) is 0 Å². The molecule has 1 unspecified atom stereocenters. The summed E-state index contributed by atoms with van der Waals surface area (Å²) in [6.45, 7) is 9.41. The molecule has 272 valence electrons. The summed E-state index contributed by atoms with van der Waals surface area (Å²) in [4.78, 5) is 9.31. The van der Waals surface area contributed by atoms with Crippen LogP contribution < -0.4 is 4.72 Å². The van der Waals surface area contributed by atoms with Crippen molar-refractivity contribution < 1.29 is 8.42 Å². The SMILES string of the molecule is C[C@H]1[C@H](C=Cc2ccc(-c3ccccc3C#N)cn2)[C@@H](S(=O)(=O)NCC2C[C@@H](C=Cc3ccc(-c4ccccc4C#N)cn3)[C@H](C)[C@@H](C)C2)CC[C@@H]1C. The zero-order chi connectivity index (χ0) is 37.5. The van der Waals surface area contributed by atoms with Crippen molar-refractivity contribution in [3.63, 3.8) is 0 Å². The average Bonchev–Trinajstić information content (AvgIpc) is 3.18. The Hall–Kier alpha value is -4.89. The van der Waals surface area contributed by atoms with Gasteiger partial charge in [-0.25, -0.2) is 13.1 Å². The van der Waals surface area contributed by atoms with Crippen molar-refractivity contribution in [2.75, 3.05) is 6.54 Å². The van der Waals surface area contributed by atoms with Crippen LogP contribution >= 0.6 is 0 Å². The Morgan fingerprint density at radius 1 is 0.717 bits per heavy atom. The highest BCUT2D eigenvalue weighted by Gasteiger charge is 2.41. The van der Waals surface area contributed by atoms with E-state index in [-0.39, 0.29) is 17.8 Å². The number of benzene rings is 2. The minimum atomic E-state index is -3.58. The van der Waals surface area contributed by atoms with E-state index < -0.39 is 15.3 Å². The molecule has 6 rings (SSSR count). The summed E-state index contributed by atoms with van der Waals surface area (Å²) >= 11 is 0. The highest BCUT2D eigenvalue weighted by atomic mass is 32.2. The predicted molar refractivity (Wildman–Crippen MR) is 213 cm³/mol. The van der Waals surface area contributed by atoms with Crippen LogP contribution in [0.5, 0.6) is 0 Å². The molecule has 2 aliphatic rings. The van der Waals surface area contributed by atoms with Gasteiger partial charge in [0.2, 0.25) is 10.0 Å². The van der Waals surface area contributed by atoms with Gasteiger partial charge in [-0.3, -0.25) is 9.97 Å². The molecule has 2 aromatic carbocycles. The lowest BCUT2D eigenvalue weighted by Gasteiger charge is -2.40. The van der Waals surface area contributed by atoms with Crippen LogP contribution in [0.2, 0.25) is 0 Å². The Morgan fingerprint density at radius 3 is 1.83 bits per heavy atom. The van der Waals surface area contributed by atoms with Crippen molar-refractivity contribution in [1.82, 2.24) is 14.7 Å². The molecule has 1 N–H and O–H groups in total. The summed E-state index contributed by atoms with van der Waals surface area (Å²) in [5.41, 5.74) is 6.36. The molecule has 2 aliphatic carbocycles. The van der Waals surface area contributed by atoms with E-state index in [4.69, 9.17) is 0 Å². The molecule has 2 fully saturated rings. The number of hydrogen-bond acceptors (Lipinski definition) is 6. The van der Waals surface area contributed by atoms with Crippen LogP contribution in [0.15, 0.2) is 97.3 Å². The van der Waals surface area contributed by atoms with E-state index in [9.17, 15) is 18.9 Å². The highest BCUT2D eigenvalue weighted by molar-refractivity contribution is 7.90. The van der Waals surface area contributed by atoms with E-state index in [2.05, 4.69) is 72.8 Å². The molecule has 4 aromatic rings. The second-order valence-electron chi connectivity index (χ2n) is 15.2. The van der Waals surface area contributed by atoms with Crippen LogP contribution in [-0.2, 0) is 10.0 Å². The minimum Gasteiger partial charge on any atom is -0.256 e. The lowest BCUT2D eigenvalue weighted by molar-refractivity contribution is 0.161. The zero-order valence-electron chi connectivity index (χ0n) is 31.1. The number of allylic oxidation sites excluding steroid dienone is 2.